The van der Waals surface area contributed by atoms with E-state index >= 15 is 0 Å². The van der Waals surface area contributed by atoms with Crippen molar-refractivity contribution in [2.75, 3.05) is 5.43 Å². The number of benzene rings is 1. The van der Waals surface area contributed by atoms with Gasteiger partial charge in [-0.3, -0.25) is 5.43 Å². The molecule has 0 bridgehead atoms. The molecule has 1 heterocycles. The summed E-state index contributed by atoms with van der Waals surface area (Å²) in [5.41, 5.74) is 4.64. The Bertz CT molecular complexity index is 413. The summed E-state index contributed by atoms with van der Waals surface area (Å²) in [6, 6.07) is 3.92. The quantitative estimate of drug-likeness (QED) is 0.543. The number of anilines is 1. The third-order valence-corrected chi connectivity index (χ3v) is 2.12. The Morgan fingerprint density at radius 1 is 1.54 bits per heavy atom. The molecule has 0 unspecified atom stereocenters. The fourth-order valence-electron chi connectivity index (χ4n) is 1.16. The lowest BCUT2D eigenvalue weighted by Crippen LogP contribution is -2.06. The summed E-state index contributed by atoms with van der Waals surface area (Å²) in [5, 5.41) is 0.537. The number of nitrogen functional groups attached to an aromatic ring is 1. The van der Waals surface area contributed by atoms with E-state index in [1.54, 1.807) is 6.07 Å². The van der Waals surface area contributed by atoms with Crippen LogP contribution in [-0.2, 0) is 0 Å². The maximum absolute atomic E-state index is 5.90. The van der Waals surface area contributed by atoms with Crippen molar-refractivity contribution in [1.29, 1.82) is 0 Å². The lowest BCUT2D eigenvalue weighted by molar-refractivity contribution is 0.617. The van der Waals surface area contributed by atoms with E-state index in [4.69, 9.17) is 21.9 Å². The Morgan fingerprint density at radius 2 is 2.31 bits per heavy atom. The third-order valence-electron chi connectivity index (χ3n) is 1.82. The predicted molar refractivity (Wildman–Crippen MR) is 51.6 cm³/mol. The Hall–Kier alpha value is -1.26. The van der Waals surface area contributed by atoms with Crippen molar-refractivity contribution in [2.45, 2.75) is 6.92 Å². The SMILES string of the molecule is Cc1ccc(Cl)c2oc(NN)nc12. The molecule has 0 aliphatic carbocycles. The first-order chi connectivity index (χ1) is 6.22. The van der Waals surface area contributed by atoms with E-state index in [0.29, 0.717) is 10.6 Å². The number of hydrazine groups is 1. The molecular formula is C8H8ClN3O. The van der Waals surface area contributed by atoms with E-state index < -0.39 is 0 Å². The average molecular weight is 198 g/mol. The molecule has 2 rings (SSSR count). The molecule has 4 nitrogen and oxygen atoms in total. The Balaban J connectivity index is 2.80. The number of hydrogen-bond donors (Lipinski definition) is 2. The maximum atomic E-state index is 5.90. The van der Waals surface area contributed by atoms with Gasteiger partial charge in [0.05, 0.1) is 5.02 Å². The van der Waals surface area contributed by atoms with Gasteiger partial charge in [-0.05, 0) is 18.6 Å². The van der Waals surface area contributed by atoms with Crippen LogP contribution >= 0.6 is 11.6 Å². The normalized spacial score (nSPS) is 10.7. The van der Waals surface area contributed by atoms with Gasteiger partial charge in [0.15, 0.2) is 5.58 Å². The van der Waals surface area contributed by atoms with E-state index in [2.05, 4.69) is 10.4 Å². The molecule has 0 fully saturated rings. The second-order valence-electron chi connectivity index (χ2n) is 2.71. The van der Waals surface area contributed by atoms with E-state index in [9.17, 15) is 0 Å². The fraction of sp³-hybridized carbons (Fsp3) is 0.125. The number of nitrogens with one attached hydrogen (secondary N) is 1. The largest absolute Gasteiger partial charge is 0.421 e. The number of aryl methyl sites for hydroxylation is 1. The van der Waals surface area contributed by atoms with Crippen LogP contribution in [0, 0.1) is 6.92 Å². The number of nitrogens with zero attached hydrogens (tertiary/aromatic N) is 1. The molecule has 1 aromatic carbocycles. The predicted octanol–water partition coefficient (Wildman–Crippen LogP) is 2.08. The monoisotopic (exact) mass is 197 g/mol. The minimum atomic E-state index is 0.270. The Labute approximate surface area is 79.7 Å². The van der Waals surface area contributed by atoms with Crippen LogP contribution in [0.1, 0.15) is 5.56 Å². The van der Waals surface area contributed by atoms with Crippen LogP contribution in [0.2, 0.25) is 5.02 Å². The second-order valence-corrected chi connectivity index (χ2v) is 3.11. The van der Waals surface area contributed by atoms with Crippen LogP contribution in [0.5, 0.6) is 0 Å². The summed E-state index contributed by atoms with van der Waals surface area (Å²) in [6.07, 6.45) is 0. The molecule has 0 saturated heterocycles. The first-order valence-electron chi connectivity index (χ1n) is 3.74. The molecule has 0 aliphatic heterocycles. The zero-order valence-electron chi connectivity index (χ0n) is 6.97. The summed E-state index contributed by atoms with van der Waals surface area (Å²) >= 11 is 5.90. The van der Waals surface area contributed by atoms with Crippen LogP contribution in [0.4, 0.5) is 6.01 Å². The highest BCUT2D eigenvalue weighted by atomic mass is 35.5. The van der Waals surface area contributed by atoms with Gasteiger partial charge in [-0.15, -0.1) is 0 Å². The molecule has 0 amide bonds. The number of halogens is 1. The molecule has 13 heavy (non-hydrogen) atoms. The van der Waals surface area contributed by atoms with E-state index in [0.717, 1.165) is 11.1 Å². The minimum Gasteiger partial charge on any atom is -0.421 e. The summed E-state index contributed by atoms with van der Waals surface area (Å²) in [4.78, 5) is 4.10. The van der Waals surface area contributed by atoms with Gasteiger partial charge in [-0.1, -0.05) is 17.7 Å². The van der Waals surface area contributed by atoms with Crippen molar-refractivity contribution in [3.05, 3.63) is 22.7 Å². The molecule has 0 spiro atoms. The second kappa shape index (κ2) is 2.90. The third kappa shape index (κ3) is 1.24. The summed E-state index contributed by atoms with van der Waals surface area (Å²) < 4.78 is 5.25. The molecule has 5 heteroatoms. The lowest BCUT2D eigenvalue weighted by Gasteiger charge is -1.93. The van der Waals surface area contributed by atoms with Crippen LogP contribution in [0.25, 0.3) is 11.1 Å². The van der Waals surface area contributed by atoms with Gasteiger partial charge in [-0.25, -0.2) is 5.84 Å². The minimum absolute atomic E-state index is 0.270. The van der Waals surface area contributed by atoms with Gasteiger partial charge in [0.25, 0.3) is 0 Å². The van der Waals surface area contributed by atoms with Gasteiger partial charge >= 0.3 is 6.01 Å². The molecule has 68 valence electrons. The number of oxazole rings is 1. The number of aromatic nitrogens is 1. The van der Waals surface area contributed by atoms with Crippen LogP contribution in [0.3, 0.4) is 0 Å². The van der Waals surface area contributed by atoms with E-state index in [1.807, 2.05) is 13.0 Å². The van der Waals surface area contributed by atoms with Crippen molar-refractivity contribution in [2.24, 2.45) is 5.84 Å². The van der Waals surface area contributed by atoms with Crippen LogP contribution < -0.4 is 11.3 Å². The maximum Gasteiger partial charge on any atom is 0.310 e. The highest BCUT2D eigenvalue weighted by molar-refractivity contribution is 6.34. The standard InChI is InChI=1S/C8H8ClN3O/c1-4-2-3-5(9)7-6(4)11-8(12-10)13-7/h2-3H,10H2,1H3,(H,11,12). The fourth-order valence-corrected chi connectivity index (χ4v) is 1.35. The summed E-state index contributed by atoms with van der Waals surface area (Å²) in [6.45, 7) is 1.93. The van der Waals surface area contributed by atoms with Crippen molar-refractivity contribution < 1.29 is 4.42 Å². The number of nitrogens with two attached hydrogens (primary N) is 1. The zero-order valence-corrected chi connectivity index (χ0v) is 7.72. The molecule has 0 radical (unpaired) electrons. The Morgan fingerprint density at radius 3 is 2.92 bits per heavy atom. The van der Waals surface area contributed by atoms with Gasteiger partial charge in [0, 0.05) is 0 Å². The summed E-state index contributed by atoms with van der Waals surface area (Å²) in [5.74, 6) is 5.16. The number of rotatable bonds is 1. The first kappa shape index (κ1) is 8.34. The molecule has 0 atom stereocenters. The van der Waals surface area contributed by atoms with Crippen LogP contribution in [-0.4, -0.2) is 4.98 Å². The average Bonchev–Trinajstić information content (AvgIpc) is 2.56. The van der Waals surface area contributed by atoms with Crippen molar-refractivity contribution in [3.8, 4) is 0 Å². The zero-order chi connectivity index (χ0) is 9.42. The smallest absolute Gasteiger partial charge is 0.310 e. The number of hydrogen-bond acceptors (Lipinski definition) is 4. The van der Waals surface area contributed by atoms with Crippen molar-refractivity contribution >= 4 is 28.7 Å². The van der Waals surface area contributed by atoms with Crippen molar-refractivity contribution in [3.63, 3.8) is 0 Å². The van der Waals surface area contributed by atoms with Crippen molar-refractivity contribution in [1.82, 2.24) is 4.98 Å². The first-order valence-corrected chi connectivity index (χ1v) is 4.12. The highest BCUT2D eigenvalue weighted by Crippen LogP contribution is 2.28. The molecule has 0 aliphatic rings. The van der Waals surface area contributed by atoms with E-state index in [1.165, 1.54) is 0 Å². The van der Waals surface area contributed by atoms with Gasteiger partial charge < -0.3 is 4.42 Å². The van der Waals surface area contributed by atoms with Crippen LogP contribution in [0.15, 0.2) is 16.5 Å². The molecule has 0 saturated carbocycles. The molecule has 1 aromatic heterocycles. The van der Waals surface area contributed by atoms with E-state index in [-0.39, 0.29) is 6.01 Å². The number of fused-ring (bicyclic) bond motifs is 1. The molecular weight excluding hydrogens is 190 g/mol. The summed E-state index contributed by atoms with van der Waals surface area (Å²) in [7, 11) is 0. The highest BCUT2D eigenvalue weighted by Gasteiger charge is 2.09. The molecule has 2 aromatic rings. The van der Waals surface area contributed by atoms with Gasteiger partial charge in [-0.2, -0.15) is 4.98 Å². The Kier molecular flexibility index (Phi) is 1.86. The van der Waals surface area contributed by atoms with Gasteiger partial charge in [0.2, 0.25) is 0 Å². The van der Waals surface area contributed by atoms with Gasteiger partial charge in [0.1, 0.15) is 5.52 Å². The lowest BCUT2D eigenvalue weighted by atomic mass is 10.2. The molecule has 3 N–H and O–H groups in total. The topological polar surface area (TPSA) is 64.1 Å².